The van der Waals surface area contributed by atoms with Crippen molar-refractivity contribution in [2.45, 2.75) is 38.5 Å². The Morgan fingerprint density at radius 2 is 1.85 bits per heavy atom. The number of esters is 1. The van der Waals surface area contributed by atoms with Gasteiger partial charge in [0.1, 0.15) is 5.75 Å². The van der Waals surface area contributed by atoms with Crippen LogP contribution in [-0.2, 0) is 14.3 Å². The van der Waals surface area contributed by atoms with E-state index in [2.05, 4.69) is 10.1 Å². The topological polar surface area (TPSA) is 64.6 Å². The molecule has 5 nitrogen and oxygen atoms in total. The Kier molecular flexibility index (Phi) is 5.38. The highest BCUT2D eigenvalue weighted by Crippen LogP contribution is 2.49. The number of rotatable bonds is 6. The van der Waals surface area contributed by atoms with Crippen molar-refractivity contribution in [3.8, 4) is 5.75 Å². The van der Waals surface area contributed by atoms with Crippen LogP contribution in [-0.4, -0.2) is 24.8 Å². The van der Waals surface area contributed by atoms with Gasteiger partial charge in [0.2, 0.25) is 0 Å². The number of hydrogen-bond donors (Lipinski definition) is 1. The molecule has 26 heavy (non-hydrogen) atoms. The zero-order chi connectivity index (χ0) is 18.7. The van der Waals surface area contributed by atoms with Gasteiger partial charge in [-0.2, -0.15) is 0 Å². The van der Waals surface area contributed by atoms with Crippen LogP contribution >= 0.6 is 0 Å². The average Bonchev–Trinajstić information content (AvgIpc) is 3.16. The van der Waals surface area contributed by atoms with Crippen molar-refractivity contribution in [3.05, 3.63) is 24.3 Å². The Balaban J connectivity index is 1.39. The number of anilines is 1. The van der Waals surface area contributed by atoms with Gasteiger partial charge in [-0.25, -0.2) is 0 Å². The molecule has 3 atom stereocenters. The summed E-state index contributed by atoms with van der Waals surface area (Å²) in [5.74, 6) is 0.407. The molecule has 2 bridgehead atoms. The predicted octanol–water partition coefficient (Wildman–Crippen LogP) is 3.89. The summed E-state index contributed by atoms with van der Waals surface area (Å²) in [6.07, 6.45) is 0.281. The molecule has 1 aromatic carbocycles. The van der Waals surface area contributed by atoms with Crippen molar-refractivity contribution in [2.24, 2.45) is 17.8 Å². The summed E-state index contributed by atoms with van der Waals surface area (Å²) >= 11 is 0. The maximum Gasteiger partial charge on any atom is 0.573 e. The monoisotopic (exact) mass is 371 g/mol. The highest BCUT2D eigenvalue weighted by atomic mass is 19.4. The lowest BCUT2D eigenvalue weighted by Gasteiger charge is -2.20. The van der Waals surface area contributed by atoms with E-state index in [-0.39, 0.29) is 17.4 Å². The Hall–Kier alpha value is -2.25. The second-order valence-electron chi connectivity index (χ2n) is 6.92. The molecule has 0 aliphatic heterocycles. The lowest BCUT2D eigenvalue weighted by molar-refractivity contribution is -0.274. The largest absolute Gasteiger partial charge is 0.573 e. The van der Waals surface area contributed by atoms with Crippen molar-refractivity contribution >= 4 is 17.6 Å². The molecule has 142 valence electrons. The molecule has 0 spiro atoms. The van der Waals surface area contributed by atoms with Gasteiger partial charge >= 0.3 is 12.3 Å². The third-order valence-electron chi connectivity index (χ3n) is 5.05. The second kappa shape index (κ2) is 7.55. The minimum atomic E-state index is -4.77. The minimum Gasteiger partial charge on any atom is -0.456 e. The molecule has 0 heterocycles. The quantitative estimate of drug-likeness (QED) is 0.771. The van der Waals surface area contributed by atoms with Gasteiger partial charge in [0, 0.05) is 12.1 Å². The SMILES string of the molecule is O=C(COC(=O)C[C@@H]1C[C@H]2CC[C@H]1C2)Nc1ccc(OC(F)(F)F)cc1. The summed E-state index contributed by atoms with van der Waals surface area (Å²) in [4.78, 5) is 23.7. The fraction of sp³-hybridized carbons (Fsp3) is 0.556. The van der Waals surface area contributed by atoms with Crippen LogP contribution in [0.5, 0.6) is 5.75 Å². The number of amides is 1. The van der Waals surface area contributed by atoms with E-state index in [9.17, 15) is 22.8 Å². The highest BCUT2D eigenvalue weighted by molar-refractivity contribution is 5.92. The summed E-state index contributed by atoms with van der Waals surface area (Å²) in [5.41, 5.74) is 0.286. The third kappa shape index (κ3) is 5.12. The van der Waals surface area contributed by atoms with Crippen LogP contribution in [0.25, 0.3) is 0 Å². The summed E-state index contributed by atoms with van der Waals surface area (Å²) < 4.78 is 45.0. The Bertz CT molecular complexity index is 659. The molecule has 2 aliphatic carbocycles. The van der Waals surface area contributed by atoms with Crippen LogP contribution in [0.4, 0.5) is 18.9 Å². The second-order valence-corrected chi connectivity index (χ2v) is 6.92. The molecule has 1 aromatic rings. The molecule has 2 fully saturated rings. The number of alkyl halides is 3. The van der Waals surface area contributed by atoms with Crippen molar-refractivity contribution in [1.82, 2.24) is 0 Å². The van der Waals surface area contributed by atoms with Gasteiger partial charge in [0.15, 0.2) is 6.61 Å². The summed E-state index contributed by atoms with van der Waals surface area (Å²) in [5, 5.41) is 2.46. The smallest absolute Gasteiger partial charge is 0.456 e. The summed E-state index contributed by atoms with van der Waals surface area (Å²) in [6.45, 7) is -0.416. The van der Waals surface area contributed by atoms with Crippen LogP contribution in [0.3, 0.4) is 0 Å². The average molecular weight is 371 g/mol. The normalized spacial score (nSPS) is 24.3. The molecule has 0 saturated heterocycles. The number of carbonyl (C=O) groups excluding carboxylic acids is 2. The van der Waals surface area contributed by atoms with Crippen LogP contribution in [0, 0.1) is 17.8 Å². The molecule has 1 N–H and O–H groups in total. The Labute approximate surface area is 148 Å². The molecule has 0 radical (unpaired) electrons. The molecule has 2 aliphatic rings. The zero-order valence-corrected chi connectivity index (χ0v) is 14.1. The van der Waals surface area contributed by atoms with Gasteiger partial charge in [-0.1, -0.05) is 6.42 Å². The highest BCUT2D eigenvalue weighted by Gasteiger charge is 2.40. The van der Waals surface area contributed by atoms with Crippen molar-refractivity contribution in [3.63, 3.8) is 0 Å². The molecule has 0 aromatic heterocycles. The number of hydrogen-bond acceptors (Lipinski definition) is 4. The fourth-order valence-corrected chi connectivity index (χ4v) is 3.98. The number of nitrogens with one attached hydrogen (secondary N) is 1. The van der Waals surface area contributed by atoms with E-state index in [1.54, 1.807) is 0 Å². The maximum absolute atomic E-state index is 12.1. The molecule has 0 unspecified atom stereocenters. The van der Waals surface area contributed by atoms with Gasteiger partial charge in [-0.05, 0) is 61.3 Å². The van der Waals surface area contributed by atoms with Gasteiger partial charge in [0.25, 0.3) is 5.91 Å². The summed E-state index contributed by atoms with van der Waals surface area (Å²) in [6, 6.07) is 4.72. The van der Waals surface area contributed by atoms with E-state index in [1.165, 1.54) is 31.4 Å². The van der Waals surface area contributed by atoms with Crippen LogP contribution in [0.15, 0.2) is 24.3 Å². The van der Waals surface area contributed by atoms with Crippen LogP contribution in [0.1, 0.15) is 32.1 Å². The predicted molar refractivity (Wildman–Crippen MR) is 86.3 cm³/mol. The van der Waals surface area contributed by atoms with Gasteiger partial charge in [-0.3, -0.25) is 9.59 Å². The number of benzene rings is 1. The minimum absolute atomic E-state index is 0.286. The Morgan fingerprint density at radius 1 is 1.12 bits per heavy atom. The zero-order valence-electron chi connectivity index (χ0n) is 14.1. The number of carbonyl (C=O) groups is 2. The van der Waals surface area contributed by atoms with Crippen molar-refractivity contribution in [1.29, 1.82) is 0 Å². The molecule has 2 saturated carbocycles. The molecular formula is C18H20F3NO4. The number of ether oxygens (including phenoxy) is 2. The molecule has 8 heteroatoms. The maximum atomic E-state index is 12.1. The van der Waals surface area contributed by atoms with Gasteiger partial charge < -0.3 is 14.8 Å². The summed E-state index contributed by atoms with van der Waals surface area (Å²) in [7, 11) is 0. The standard InChI is InChI=1S/C18H20F3NO4/c19-18(20,21)26-15-5-3-14(4-6-15)22-16(23)10-25-17(24)9-13-8-11-1-2-12(13)7-11/h3-6,11-13H,1-2,7-10H2,(H,22,23)/t11-,12-,13-/m0/s1. The Morgan fingerprint density at radius 3 is 2.42 bits per heavy atom. The van der Waals surface area contributed by atoms with Gasteiger partial charge in [0.05, 0.1) is 0 Å². The van der Waals surface area contributed by atoms with E-state index >= 15 is 0 Å². The van der Waals surface area contributed by atoms with Gasteiger partial charge in [-0.15, -0.1) is 13.2 Å². The third-order valence-corrected chi connectivity index (χ3v) is 5.05. The van der Waals surface area contributed by atoms with E-state index in [1.807, 2.05) is 0 Å². The van der Waals surface area contributed by atoms with Crippen molar-refractivity contribution < 1.29 is 32.2 Å². The lowest BCUT2D eigenvalue weighted by atomic mass is 9.86. The van der Waals surface area contributed by atoms with Crippen LogP contribution < -0.4 is 10.1 Å². The van der Waals surface area contributed by atoms with E-state index in [0.717, 1.165) is 24.5 Å². The molecule has 1 amide bonds. The van der Waals surface area contributed by atoms with E-state index in [0.29, 0.717) is 18.3 Å². The first-order valence-electron chi connectivity index (χ1n) is 8.60. The number of halogens is 3. The fourth-order valence-electron chi connectivity index (χ4n) is 3.98. The first-order valence-corrected chi connectivity index (χ1v) is 8.60. The first-order chi connectivity index (χ1) is 12.3. The lowest BCUT2D eigenvalue weighted by Crippen LogP contribution is -2.23. The molecule has 3 rings (SSSR count). The first kappa shape index (κ1) is 18.5. The van der Waals surface area contributed by atoms with Crippen LogP contribution in [0.2, 0.25) is 0 Å². The molecular weight excluding hydrogens is 351 g/mol. The van der Waals surface area contributed by atoms with E-state index in [4.69, 9.17) is 4.74 Å². The number of fused-ring (bicyclic) bond motifs is 2. The van der Waals surface area contributed by atoms with E-state index < -0.39 is 18.9 Å². The van der Waals surface area contributed by atoms with Crippen molar-refractivity contribution in [2.75, 3.05) is 11.9 Å².